The summed E-state index contributed by atoms with van der Waals surface area (Å²) in [6.07, 6.45) is 0. The number of halogens is 2. The Kier molecular flexibility index (Phi) is 2.64. The average molecular weight is 220 g/mol. The van der Waals surface area contributed by atoms with E-state index in [1.807, 2.05) is 6.92 Å². The Labute approximate surface area is 92.0 Å². The fourth-order valence-electron chi connectivity index (χ4n) is 1.52. The number of hydrogen-bond donors (Lipinski definition) is 0. The molecule has 1 heterocycles. The van der Waals surface area contributed by atoms with Gasteiger partial charge in [-0.05, 0) is 38.1 Å². The van der Waals surface area contributed by atoms with E-state index < -0.39 is 11.6 Å². The lowest BCUT2D eigenvalue weighted by molar-refractivity contribution is 0.509. The summed E-state index contributed by atoms with van der Waals surface area (Å²) in [6.45, 7) is 3.59. The lowest BCUT2D eigenvalue weighted by Gasteiger charge is -2.04. The zero-order valence-corrected chi connectivity index (χ0v) is 8.96. The molecule has 0 saturated carbocycles. The van der Waals surface area contributed by atoms with Gasteiger partial charge in [-0.25, -0.2) is 18.7 Å². The van der Waals surface area contributed by atoms with Gasteiger partial charge >= 0.3 is 0 Å². The third-order valence-electron chi connectivity index (χ3n) is 2.18. The van der Waals surface area contributed by atoms with Gasteiger partial charge in [0.1, 0.15) is 5.82 Å². The molecule has 0 aliphatic carbocycles. The highest BCUT2D eigenvalue weighted by Gasteiger charge is 2.06. The van der Waals surface area contributed by atoms with Crippen LogP contribution in [0, 0.1) is 25.5 Å². The minimum atomic E-state index is -0.869. The van der Waals surface area contributed by atoms with Crippen molar-refractivity contribution < 1.29 is 8.78 Å². The molecule has 0 fully saturated rings. The molecule has 1 aromatic carbocycles. The summed E-state index contributed by atoms with van der Waals surface area (Å²) < 4.78 is 25.8. The summed E-state index contributed by atoms with van der Waals surface area (Å²) in [4.78, 5) is 8.30. The second kappa shape index (κ2) is 3.96. The smallest absolute Gasteiger partial charge is 0.159 e. The molecule has 0 spiro atoms. The van der Waals surface area contributed by atoms with Crippen LogP contribution < -0.4 is 0 Å². The first kappa shape index (κ1) is 10.7. The molecular weight excluding hydrogens is 210 g/mol. The molecule has 16 heavy (non-hydrogen) atoms. The largest absolute Gasteiger partial charge is 0.239 e. The summed E-state index contributed by atoms with van der Waals surface area (Å²) >= 11 is 0. The molecule has 0 atom stereocenters. The minimum absolute atomic E-state index is 0.549. The van der Waals surface area contributed by atoms with Gasteiger partial charge in [-0.1, -0.05) is 0 Å². The van der Waals surface area contributed by atoms with E-state index in [-0.39, 0.29) is 0 Å². The van der Waals surface area contributed by atoms with Crippen molar-refractivity contribution in [2.45, 2.75) is 13.8 Å². The minimum Gasteiger partial charge on any atom is -0.239 e. The van der Waals surface area contributed by atoms with Crippen LogP contribution in [0.4, 0.5) is 8.78 Å². The highest BCUT2D eigenvalue weighted by atomic mass is 19.2. The number of aryl methyl sites for hydroxylation is 2. The summed E-state index contributed by atoms with van der Waals surface area (Å²) in [5, 5.41) is 0. The first-order valence-corrected chi connectivity index (χ1v) is 4.84. The molecule has 1 aromatic heterocycles. The average Bonchev–Trinajstić information content (AvgIpc) is 2.20. The molecule has 0 radical (unpaired) electrons. The van der Waals surface area contributed by atoms with Crippen LogP contribution in [-0.4, -0.2) is 9.97 Å². The highest BCUT2D eigenvalue weighted by Crippen LogP contribution is 2.20. The van der Waals surface area contributed by atoms with Crippen molar-refractivity contribution in [2.24, 2.45) is 0 Å². The van der Waals surface area contributed by atoms with Crippen molar-refractivity contribution in [3.05, 3.63) is 47.4 Å². The fraction of sp³-hybridized carbons (Fsp3) is 0.167. The molecule has 0 unspecified atom stereocenters. The van der Waals surface area contributed by atoms with Crippen LogP contribution in [0.5, 0.6) is 0 Å². The Morgan fingerprint density at radius 2 is 1.69 bits per heavy atom. The fourth-order valence-corrected chi connectivity index (χ4v) is 1.52. The van der Waals surface area contributed by atoms with Crippen molar-refractivity contribution in [1.29, 1.82) is 0 Å². The predicted molar refractivity (Wildman–Crippen MR) is 56.9 cm³/mol. The van der Waals surface area contributed by atoms with Gasteiger partial charge in [0.2, 0.25) is 0 Å². The van der Waals surface area contributed by atoms with E-state index in [4.69, 9.17) is 0 Å². The van der Waals surface area contributed by atoms with Crippen LogP contribution in [-0.2, 0) is 0 Å². The zero-order chi connectivity index (χ0) is 11.7. The monoisotopic (exact) mass is 220 g/mol. The first-order chi connectivity index (χ1) is 7.56. The maximum Gasteiger partial charge on any atom is 0.159 e. The SMILES string of the molecule is Cc1cc(-c2ccc(F)c(F)c2)nc(C)n1. The third kappa shape index (κ3) is 2.05. The number of benzene rings is 1. The number of hydrogen-bond acceptors (Lipinski definition) is 2. The summed E-state index contributed by atoms with van der Waals surface area (Å²) in [7, 11) is 0. The Hall–Kier alpha value is -1.84. The van der Waals surface area contributed by atoms with E-state index in [0.29, 0.717) is 17.1 Å². The van der Waals surface area contributed by atoms with Gasteiger partial charge < -0.3 is 0 Å². The third-order valence-corrected chi connectivity index (χ3v) is 2.18. The predicted octanol–water partition coefficient (Wildman–Crippen LogP) is 3.04. The summed E-state index contributed by atoms with van der Waals surface area (Å²) in [6, 6.07) is 5.47. The molecule has 2 rings (SSSR count). The van der Waals surface area contributed by atoms with E-state index in [0.717, 1.165) is 17.8 Å². The van der Waals surface area contributed by atoms with Crippen LogP contribution in [0.1, 0.15) is 11.5 Å². The quantitative estimate of drug-likeness (QED) is 0.738. The molecule has 0 amide bonds. The second-order valence-electron chi connectivity index (χ2n) is 3.57. The maximum atomic E-state index is 13.0. The van der Waals surface area contributed by atoms with Crippen LogP contribution >= 0.6 is 0 Å². The van der Waals surface area contributed by atoms with Gasteiger partial charge in [0.05, 0.1) is 5.69 Å². The topological polar surface area (TPSA) is 25.8 Å². The number of nitrogens with zero attached hydrogens (tertiary/aromatic N) is 2. The maximum absolute atomic E-state index is 13.0. The molecule has 4 heteroatoms. The Bertz CT molecular complexity index is 518. The van der Waals surface area contributed by atoms with Crippen molar-refractivity contribution in [2.75, 3.05) is 0 Å². The van der Waals surface area contributed by atoms with Crippen molar-refractivity contribution >= 4 is 0 Å². The van der Waals surface area contributed by atoms with E-state index in [1.54, 1.807) is 13.0 Å². The van der Waals surface area contributed by atoms with Crippen LogP contribution in [0.2, 0.25) is 0 Å². The standard InChI is InChI=1S/C12H10F2N2/c1-7-5-12(16-8(2)15-7)9-3-4-10(13)11(14)6-9/h3-6H,1-2H3. The molecule has 82 valence electrons. The van der Waals surface area contributed by atoms with Crippen LogP contribution in [0.3, 0.4) is 0 Å². The van der Waals surface area contributed by atoms with Gasteiger partial charge in [-0.15, -0.1) is 0 Å². The van der Waals surface area contributed by atoms with E-state index in [9.17, 15) is 8.78 Å². The molecule has 0 saturated heterocycles. The normalized spacial score (nSPS) is 10.5. The summed E-state index contributed by atoms with van der Waals surface area (Å²) in [5.74, 6) is -1.11. The molecule has 0 aliphatic rings. The van der Waals surface area contributed by atoms with Crippen LogP contribution in [0.15, 0.2) is 24.3 Å². The van der Waals surface area contributed by atoms with E-state index in [2.05, 4.69) is 9.97 Å². The van der Waals surface area contributed by atoms with Gasteiger partial charge in [0.15, 0.2) is 11.6 Å². The van der Waals surface area contributed by atoms with E-state index >= 15 is 0 Å². The second-order valence-corrected chi connectivity index (χ2v) is 3.57. The Morgan fingerprint density at radius 1 is 0.938 bits per heavy atom. The lowest BCUT2D eigenvalue weighted by Crippen LogP contribution is -1.94. The highest BCUT2D eigenvalue weighted by molar-refractivity contribution is 5.59. The van der Waals surface area contributed by atoms with Crippen molar-refractivity contribution in [3.8, 4) is 11.3 Å². The van der Waals surface area contributed by atoms with Gasteiger partial charge in [-0.3, -0.25) is 0 Å². The molecule has 0 N–H and O–H groups in total. The first-order valence-electron chi connectivity index (χ1n) is 4.84. The van der Waals surface area contributed by atoms with Gasteiger partial charge in [0.25, 0.3) is 0 Å². The van der Waals surface area contributed by atoms with E-state index in [1.165, 1.54) is 6.07 Å². The van der Waals surface area contributed by atoms with Crippen molar-refractivity contribution in [1.82, 2.24) is 9.97 Å². The van der Waals surface area contributed by atoms with Crippen LogP contribution in [0.25, 0.3) is 11.3 Å². The molecule has 0 bridgehead atoms. The molecule has 2 aromatic rings. The molecular formula is C12H10F2N2. The number of aromatic nitrogens is 2. The van der Waals surface area contributed by atoms with Gasteiger partial charge in [0, 0.05) is 11.3 Å². The number of rotatable bonds is 1. The summed E-state index contributed by atoms with van der Waals surface area (Å²) in [5.41, 5.74) is 1.95. The molecule has 0 aliphatic heterocycles. The Balaban J connectivity index is 2.54. The zero-order valence-electron chi connectivity index (χ0n) is 8.96. The Morgan fingerprint density at radius 3 is 2.31 bits per heavy atom. The molecule has 2 nitrogen and oxygen atoms in total. The lowest BCUT2D eigenvalue weighted by atomic mass is 10.1. The van der Waals surface area contributed by atoms with Gasteiger partial charge in [-0.2, -0.15) is 0 Å². The van der Waals surface area contributed by atoms with Crippen molar-refractivity contribution in [3.63, 3.8) is 0 Å².